The van der Waals surface area contributed by atoms with Crippen molar-refractivity contribution in [1.82, 2.24) is 0 Å². The Hall–Kier alpha value is -2.02. The number of hydrogen-bond acceptors (Lipinski definition) is 3. The fourth-order valence-corrected chi connectivity index (χ4v) is 2.67. The van der Waals surface area contributed by atoms with Crippen molar-refractivity contribution < 1.29 is 19.1 Å². The fraction of sp³-hybridized carbons (Fsp3) is 0.0625. The minimum absolute atomic E-state index is 0.0675. The lowest BCUT2D eigenvalue weighted by molar-refractivity contribution is 0.0661. The Bertz CT molecular complexity index is 807. The third-order valence-electron chi connectivity index (χ3n) is 3.10. The number of benzene rings is 2. The van der Waals surface area contributed by atoms with Gasteiger partial charge in [-0.3, -0.25) is 0 Å². The molecule has 0 radical (unpaired) electrons. The SMILES string of the molecule is O=C(O)c1oc2ccccc2c1COc1ccccc1I. The number of carboxylic acids is 1. The van der Waals surface area contributed by atoms with E-state index in [1.54, 1.807) is 6.07 Å². The van der Waals surface area contributed by atoms with Crippen molar-refractivity contribution in [3.8, 4) is 5.75 Å². The predicted octanol–water partition coefficient (Wildman–Crippen LogP) is 4.31. The lowest BCUT2D eigenvalue weighted by Crippen LogP contribution is -2.03. The van der Waals surface area contributed by atoms with Crippen LogP contribution in [0.3, 0.4) is 0 Å². The summed E-state index contributed by atoms with van der Waals surface area (Å²) in [5, 5.41) is 10.0. The summed E-state index contributed by atoms with van der Waals surface area (Å²) in [6.07, 6.45) is 0. The zero-order valence-corrected chi connectivity index (χ0v) is 13.0. The van der Waals surface area contributed by atoms with Crippen LogP contribution in [-0.2, 0) is 6.61 Å². The molecule has 0 unspecified atom stereocenters. The lowest BCUT2D eigenvalue weighted by atomic mass is 10.1. The number of fused-ring (bicyclic) bond motifs is 1. The maximum Gasteiger partial charge on any atom is 0.372 e. The number of furan rings is 1. The standard InChI is InChI=1S/C16H11IO4/c17-12-6-2-4-8-14(12)20-9-11-10-5-1-3-7-13(10)21-15(11)16(18)19/h1-8H,9H2,(H,18,19). The van der Waals surface area contributed by atoms with Gasteiger partial charge in [-0.2, -0.15) is 0 Å². The van der Waals surface area contributed by atoms with Crippen molar-refractivity contribution in [3.63, 3.8) is 0 Å². The first-order chi connectivity index (χ1) is 10.2. The Balaban J connectivity index is 1.98. The zero-order chi connectivity index (χ0) is 14.8. The number of rotatable bonds is 4. The molecule has 4 nitrogen and oxygen atoms in total. The fourth-order valence-electron chi connectivity index (χ4n) is 2.13. The van der Waals surface area contributed by atoms with E-state index in [4.69, 9.17) is 9.15 Å². The van der Waals surface area contributed by atoms with Gasteiger partial charge in [0.2, 0.25) is 5.76 Å². The van der Waals surface area contributed by atoms with Gasteiger partial charge in [-0.1, -0.05) is 30.3 Å². The van der Waals surface area contributed by atoms with Gasteiger partial charge in [0.1, 0.15) is 17.9 Å². The average molecular weight is 394 g/mol. The summed E-state index contributed by atoms with van der Waals surface area (Å²) in [4.78, 5) is 11.3. The van der Waals surface area contributed by atoms with Crippen molar-refractivity contribution in [2.24, 2.45) is 0 Å². The van der Waals surface area contributed by atoms with Crippen molar-refractivity contribution in [2.45, 2.75) is 6.61 Å². The predicted molar refractivity (Wildman–Crippen MR) is 86.7 cm³/mol. The summed E-state index contributed by atoms with van der Waals surface area (Å²) in [5.41, 5.74) is 1.11. The van der Waals surface area contributed by atoms with Gasteiger partial charge in [0.05, 0.1) is 9.13 Å². The van der Waals surface area contributed by atoms with E-state index in [1.165, 1.54) is 0 Å². The van der Waals surface area contributed by atoms with E-state index >= 15 is 0 Å². The van der Waals surface area contributed by atoms with Crippen LogP contribution in [-0.4, -0.2) is 11.1 Å². The minimum atomic E-state index is -1.09. The molecule has 5 heteroatoms. The van der Waals surface area contributed by atoms with Crippen LogP contribution in [0.15, 0.2) is 52.9 Å². The van der Waals surface area contributed by atoms with Crippen LogP contribution in [0.25, 0.3) is 11.0 Å². The third kappa shape index (κ3) is 2.73. The maximum atomic E-state index is 11.3. The first-order valence-electron chi connectivity index (χ1n) is 6.28. The lowest BCUT2D eigenvalue weighted by Gasteiger charge is -2.07. The molecule has 0 aliphatic carbocycles. The molecule has 0 saturated heterocycles. The van der Waals surface area contributed by atoms with Gasteiger partial charge in [0.25, 0.3) is 0 Å². The number of halogens is 1. The molecule has 0 spiro atoms. The molecule has 21 heavy (non-hydrogen) atoms. The molecule has 0 fully saturated rings. The topological polar surface area (TPSA) is 59.7 Å². The Morgan fingerprint density at radius 3 is 2.62 bits per heavy atom. The summed E-state index contributed by atoms with van der Waals surface area (Å²) < 4.78 is 12.1. The van der Waals surface area contributed by atoms with Crippen LogP contribution in [0.1, 0.15) is 16.1 Å². The number of ether oxygens (including phenoxy) is 1. The largest absolute Gasteiger partial charge is 0.488 e. The highest BCUT2D eigenvalue weighted by molar-refractivity contribution is 14.1. The van der Waals surface area contributed by atoms with Gasteiger partial charge in [0.15, 0.2) is 0 Å². The number of carbonyl (C=O) groups is 1. The van der Waals surface area contributed by atoms with E-state index in [1.807, 2.05) is 42.5 Å². The number of para-hydroxylation sites is 2. The number of aromatic carboxylic acids is 1. The Kier molecular flexibility index (Phi) is 3.83. The molecule has 0 saturated carbocycles. The van der Waals surface area contributed by atoms with Crippen LogP contribution in [0.4, 0.5) is 0 Å². The van der Waals surface area contributed by atoms with Crippen LogP contribution in [0.2, 0.25) is 0 Å². The van der Waals surface area contributed by atoms with Crippen molar-refractivity contribution in [2.75, 3.05) is 0 Å². The Morgan fingerprint density at radius 2 is 1.86 bits per heavy atom. The Morgan fingerprint density at radius 1 is 1.14 bits per heavy atom. The van der Waals surface area contributed by atoms with E-state index in [-0.39, 0.29) is 12.4 Å². The van der Waals surface area contributed by atoms with Gasteiger partial charge >= 0.3 is 5.97 Å². The third-order valence-corrected chi connectivity index (χ3v) is 3.99. The summed E-state index contributed by atoms with van der Waals surface area (Å²) in [6.45, 7) is 0.151. The molecule has 0 aliphatic rings. The first-order valence-corrected chi connectivity index (χ1v) is 7.35. The van der Waals surface area contributed by atoms with Crippen molar-refractivity contribution in [1.29, 1.82) is 0 Å². The van der Waals surface area contributed by atoms with Gasteiger partial charge < -0.3 is 14.3 Å². The zero-order valence-electron chi connectivity index (χ0n) is 10.9. The summed E-state index contributed by atoms with van der Waals surface area (Å²) in [7, 11) is 0. The molecule has 0 amide bonds. The molecule has 0 bridgehead atoms. The molecule has 1 heterocycles. The summed E-state index contributed by atoms with van der Waals surface area (Å²) in [6, 6.07) is 14.8. The maximum absolute atomic E-state index is 11.3. The van der Waals surface area contributed by atoms with E-state index < -0.39 is 5.97 Å². The van der Waals surface area contributed by atoms with Crippen molar-refractivity contribution >= 4 is 39.5 Å². The molecular weight excluding hydrogens is 383 g/mol. The van der Waals surface area contributed by atoms with Gasteiger partial charge in [0, 0.05) is 5.39 Å². The highest BCUT2D eigenvalue weighted by Gasteiger charge is 2.20. The summed E-state index contributed by atoms with van der Waals surface area (Å²) in [5.74, 6) is -0.436. The van der Waals surface area contributed by atoms with Crippen molar-refractivity contribution in [3.05, 3.63) is 63.4 Å². The van der Waals surface area contributed by atoms with Gasteiger partial charge in [-0.25, -0.2) is 4.79 Å². The van der Waals surface area contributed by atoms with Gasteiger partial charge in [-0.05, 0) is 40.8 Å². The molecule has 0 aliphatic heterocycles. The molecule has 3 rings (SSSR count). The number of carboxylic acid groups (broad SMARTS) is 1. The normalized spacial score (nSPS) is 10.7. The van der Waals surface area contributed by atoms with Crippen LogP contribution >= 0.6 is 22.6 Å². The summed E-state index contributed by atoms with van der Waals surface area (Å²) >= 11 is 2.18. The monoisotopic (exact) mass is 394 g/mol. The van der Waals surface area contributed by atoms with E-state index in [9.17, 15) is 9.90 Å². The smallest absolute Gasteiger partial charge is 0.372 e. The average Bonchev–Trinajstić information content (AvgIpc) is 2.85. The molecule has 3 aromatic rings. The molecule has 0 atom stereocenters. The number of hydrogen-bond donors (Lipinski definition) is 1. The second-order valence-electron chi connectivity index (χ2n) is 4.43. The highest BCUT2D eigenvalue weighted by Crippen LogP contribution is 2.28. The first kappa shape index (κ1) is 13.9. The molecular formula is C16H11IO4. The van der Waals surface area contributed by atoms with Crippen LogP contribution < -0.4 is 4.74 Å². The van der Waals surface area contributed by atoms with Crippen LogP contribution in [0, 0.1) is 3.57 Å². The van der Waals surface area contributed by atoms with E-state index in [2.05, 4.69) is 22.6 Å². The Labute approximate surface area is 134 Å². The second kappa shape index (κ2) is 5.77. The van der Waals surface area contributed by atoms with E-state index in [0.717, 1.165) is 14.7 Å². The molecule has 1 aromatic heterocycles. The molecule has 1 N–H and O–H groups in total. The second-order valence-corrected chi connectivity index (χ2v) is 5.59. The highest BCUT2D eigenvalue weighted by atomic mass is 127. The minimum Gasteiger partial charge on any atom is -0.488 e. The molecule has 2 aromatic carbocycles. The van der Waals surface area contributed by atoms with Crippen LogP contribution in [0.5, 0.6) is 5.75 Å². The quantitative estimate of drug-likeness (QED) is 0.670. The molecule has 106 valence electrons. The van der Waals surface area contributed by atoms with E-state index in [0.29, 0.717) is 11.1 Å². The van der Waals surface area contributed by atoms with Gasteiger partial charge in [-0.15, -0.1) is 0 Å².